The molecule has 1 heterocycles. The molecule has 3 aromatic rings. The molecule has 140 valence electrons. The Hall–Kier alpha value is -2.44. The van der Waals surface area contributed by atoms with Crippen LogP contribution in [0.25, 0.3) is 11.3 Å². The fourth-order valence-electron chi connectivity index (χ4n) is 3.11. The van der Waals surface area contributed by atoms with Crippen LogP contribution in [0.4, 0.5) is 5.69 Å². The number of aryl methyl sites for hydroxylation is 2. The molecule has 6 heteroatoms. The molecule has 0 atom stereocenters. The van der Waals surface area contributed by atoms with Crippen LogP contribution in [0.1, 0.15) is 16.7 Å². The zero-order valence-electron chi connectivity index (χ0n) is 15.7. The molecular weight excluding hydrogens is 404 g/mol. The van der Waals surface area contributed by atoms with Crippen LogP contribution in [0.3, 0.4) is 0 Å². The summed E-state index contributed by atoms with van der Waals surface area (Å²) in [5.74, 6) is -0.0256. The van der Waals surface area contributed by atoms with Gasteiger partial charge < -0.3 is 5.32 Å². The minimum Gasteiger partial charge on any atom is -0.324 e. The summed E-state index contributed by atoms with van der Waals surface area (Å²) in [6, 6.07) is 14.1. The molecule has 2 N–H and O–H groups in total. The van der Waals surface area contributed by atoms with E-state index in [1.165, 1.54) is 0 Å². The number of likely N-dealkylation sites (N-methyl/N-ethyl adjacent to an activating group) is 1. The number of rotatable bonds is 6. The molecule has 0 spiro atoms. The smallest absolute Gasteiger partial charge is 0.238 e. The van der Waals surface area contributed by atoms with E-state index in [1.54, 1.807) is 0 Å². The van der Waals surface area contributed by atoms with Crippen LogP contribution in [0.2, 0.25) is 0 Å². The van der Waals surface area contributed by atoms with Crippen molar-refractivity contribution in [2.75, 3.05) is 18.9 Å². The Kier molecular flexibility index (Phi) is 6.08. The van der Waals surface area contributed by atoms with Crippen molar-refractivity contribution in [3.05, 3.63) is 69.8 Å². The molecule has 27 heavy (non-hydrogen) atoms. The number of hydrogen-bond acceptors (Lipinski definition) is 3. The molecule has 5 nitrogen and oxygen atoms in total. The minimum atomic E-state index is -0.0256. The molecule has 3 rings (SSSR count). The quantitative estimate of drug-likeness (QED) is 0.608. The van der Waals surface area contributed by atoms with Crippen molar-refractivity contribution in [1.29, 1.82) is 0 Å². The van der Waals surface area contributed by atoms with Crippen LogP contribution in [0.5, 0.6) is 0 Å². The van der Waals surface area contributed by atoms with Gasteiger partial charge in [-0.15, -0.1) is 0 Å². The van der Waals surface area contributed by atoms with Gasteiger partial charge in [0.1, 0.15) is 0 Å². The second-order valence-corrected chi connectivity index (χ2v) is 7.68. The summed E-state index contributed by atoms with van der Waals surface area (Å²) in [6.07, 6.45) is 1.82. The Morgan fingerprint density at radius 1 is 1.19 bits per heavy atom. The first-order valence-electron chi connectivity index (χ1n) is 8.77. The summed E-state index contributed by atoms with van der Waals surface area (Å²) < 4.78 is 1.02. The van der Waals surface area contributed by atoms with Gasteiger partial charge in [-0.1, -0.05) is 46.3 Å². The molecule has 2 aromatic carbocycles. The van der Waals surface area contributed by atoms with E-state index < -0.39 is 0 Å². The molecule has 0 unspecified atom stereocenters. The number of carbonyl (C=O) groups is 1. The number of aromatic nitrogens is 2. The molecular formula is C21H23BrN4O. The molecule has 0 saturated carbocycles. The van der Waals surface area contributed by atoms with Crippen molar-refractivity contribution < 1.29 is 4.79 Å². The third-order valence-electron chi connectivity index (χ3n) is 4.43. The lowest BCUT2D eigenvalue weighted by atomic mass is 10.1. The first-order valence-corrected chi connectivity index (χ1v) is 9.56. The number of anilines is 1. The third kappa shape index (κ3) is 4.84. The standard InChI is InChI=1S/C21H23BrN4O/c1-14-6-4-7-15(2)20(14)24-19(27)13-26(3)12-17-11-23-25-21(17)16-8-5-9-18(22)10-16/h4-11H,12-13H2,1-3H3,(H,23,25)(H,24,27). The van der Waals surface area contributed by atoms with Gasteiger partial charge in [-0.25, -0.2) is 0 Å². The molecule has 0 radical (unpaired) electrons. The number of aromatic amines is 1. The summed E-state index contributed by atoms with van der Waals surface area (Å²) in [5, 5.41) is 10.3. The SMILES string of the molecule is Cc1cccc(C)c1NC(=O)CN(C)Cc1cn[nH]c1-c1cccc(Br)c1. The van der Waals surface area contributed by atoms with E-state index >= 15 is 0 Å². The molecule has 0 aliphatic carbocycles. The monoisotopic (exact) mass is 426 g/mol. The number of H-pyrrole nitrogens is 1. The number of hydrogen-bond donors (Lipinski definition) is 2. The number of nitrogens with zero attached hydrogens (tertiary/aromatic N) is 2. The Balaban J connectivity index is 1.66. The number of amides is 1. The number of halogens is 1. The first-order chi connectivity index (χ1) is 12.9. The van der Waals surface area contributed by atoms with Crippen LogP contribution in [-0.4, -0.2) is 34.6 Å². The topological polar surface area (TPSA) is 61.0 Å². The maximum atomic E-state index is 12.5. The molecule has 1 aromatic heterocycles. The molecule has 0 aliphatic rings. The van der Waals surface area contributed by atoms with Crippen LogP contribution in [0.15, 0.2) is 53.1 Å². The van der Waals surface area contributed by atoms with Gasteiger partial charge in [-0.05, 0) is 44.2 Å². The van der Waals surface area contributed by atoms with Crippen molar-refractivity contribution in [3.8, 4) is 11.3 Å². The summed E-state index contributed by atoms with van der Waals surface area (Å²) >= 11 is 3.50. The van der Waals surface area contributed by atoms with Gasteiger partial charge in [0.05, 0.1) is 18.4 Å². The maximum absolute atomic E-state index is 12.5. The minimum absolute atomic E-state index is 0.0256. The normalized spacial score (nSPS) is 11.0. The molecule has 0 bridgehead atoms. The largest absolute Gasteiger partial charge is 0.324 e. The molecule has 0 fully saturated rings. The number of benzene rings is 2. The van der Waals surface area contributed by atoms with Gasteiger partial charge in [0.15, 0.2) is 0 Å². The molecule has 0 saturated heterocycles. The van der Waals surface area contributed by atoms with E-state index in [0.717, 1.165) is 38.1 Å². The summed E-state index contributed by atoms with van der Waals surface area (Å²) in [5.41, 5.74) is 6.11. The average molecular weight is 427 g/mol. The predicted octanol–water partition coefficient (Wildman–Crippen LogP) is 4.53. The van der Waals surface area contributed by atoms with Gasteiger partial charge in [0.25, 0.3) is 0 Å². The van der Waals surface area contributed by atoms with Crippen molar-refractivity contribution in [2.45, 2.75) is 20.4 Å². The van der Waals surface area contributed by atoms with Crippen molar-refractivity contribution in [1.82, 2.24) is 15.1 Å². The van der Waals surface area contributed by atoms with Crippen LogP contribution in [0, 0.1) is 13.8 Å². The number of nitrogens with one attached hydrogen (secondary N) is 2. The van der Waals surface area contributed by atoms with Crippen LogP contribution < -0.4 is 5.32 Å². The van der Waals surface area contributed by atoms with E-state index in [9.17, 15) is 4.79 Å². The highest BCUT2D eigenvalue weighted by Crippen LogP contribution is 2.25. The van der Waals surface area contributed by atoms with E-state index in [1.807, 2.05) is 74.5 Å². The third-order valence-corrected chi connectivity index (χ3v) is 4.92. The van der Waals surface area contributed by atoms with E-state index in [0.29, 0.717) is 13.1 Å². The lowest BCUT2D eigenvalue weighted by Gasteiger charge is -2.18. The zero-order valence-corrected chi connectivity index (χ0v) is 17.3. The molecule has 1 amide bonds. The van der Waals surface area contributed by atoms with Crippen molar-refractivity contribution in [2.24, 2.45) is 0 Å². The first kappa shape index (κ1) is 19.3. The highest BCUT2D eigenvalue weighted by molar-refractivity contribution is 9.10. The van der Waals surface area contributed by atoms with Gasteiger partial charge in [-0.2, -0.15) is 5.10 Å². The number of para-hydroxylation sites is 1. The fourth-order valence-corrected chi connectivity index (χ4v) is 3.51. The Bertz CT molecular complexity index is 931. The van der Waals surface area contributed by atoms with Gasteiger partial charge in [0.2, 0.25) is 5.91 Å². The summed E-state index contributed by atoms with van der Waals surface area (Å²) in [6.45, 7) is 4.93. The lowest BCUT2D eigenvalue weighted by Crippen LogP contribution is -2.30. The second kappa shape index (κ2) is 8.50. The predicted molar refractivity (Wildman–Crippen MR) is 113 cm³/mol. The van der Waals surface area contributed by atoms with Crippen molar-refractivity contribution in [3.63, 3.8) is 0 Å². The summed E-state index contributed by atoms with van der Waals surface area (Å²) in [7, 11) is 1.93. The highest BCUT2D eigenvalue weighted by atomic mass is 79.9. The van der Waals surface area contributed by atoms with E-state index in [4.69, 9.17) is 0 Å². The average Bonchev–Trinajstić information content (AvgIpc) is 3.06. The Labute approximate surface area is 167 Å². The van der Waals surface area contributed by atoms with E-state index in [2.05, 4.69) is 31.4 Å². The highest BCUT2D eigenvalue weighted by Gasteiger charge is 2.14. The zero-order chi connectivity index (χ0) is 19.4. The van der Waals surface area contributed by atoms with Crippen LogP contribution in [-0.2, 0) is 11.3 Å². The Morgan fingerprint density at radius 3 is 2.59 bits per heavy atom. The summed E-state index contributed by atoms with van der Waals surface area (Å²) in [4.78, 5) is 14.5. The Morgan fingerprint density at radius 2 is 1.89 bits per heavy atom. The maximum Gasteiger partial charge on any atom is 0.238 e. The van der Waals surface area contributed by atoms with Gasteiger partial charge in [-0.3, -0.25) is 14.8 Å². The lowest BCUT2D eigenvalue weighted by molar-refractivity contribution is -0.117. The number of carbonyl (C=O) groups excluding carboxylic acids is 1. The van der Waals surface area contributed by atoms with Crippen LogP contribution >= 0.6 is 15.9 Å². The van der Waals surface area contributed by atoms with Crippen molar-refractivity contribution >= 4 is 27.5 Å². The van der Waals surface area contributed by atoms with Gasteiger partial charge in [0, 0.05) is 27.8 Å². The molecule has 0 aliphatic heterocycles. The fraction of sp³-hybridized carbons (Fsp3) is 0.238. The van der Waals surface area contributed by atoms with E-state index in [-0.39, 0.29) is 5.91 Å². The second-order valence-electron chi connectivity index (χ2n) is 6.77. The van der Waals surface area contributed by atoms with Gasteiger partial charge >= 0.3 is 0 Å².